The normalized spacial score (nSPS) is 16.0. The predicted octanol–water partition coefficient (Wildman–Crippen LogP) is 5.16. The average molecular weight is 352 g/mol. The summed E-state index contributed by atoms with van der Waals surface area (Å²) >= 11 is 0. The van der Waals surface area contributed by atoms with Crippen LogP contribution in [0.1, 0.15) is 42.9 Å². The van der Waals surface area contributed by atoms with Crippen LogP contribution >= 0.6 is 0 Å². The first-order chi connectivity index (χ1) is 12.7. The average Bonchev–Trinajstić information content (AvgIpc) is 2.67. The number of para-hydroxylation sites is 1. The van der Waals surface area contributed by atoms with Gasteiger partial charge in [0.25, 0.3) is 0 Å². The largest absolute Gasteiger partial charge is 0.441 e. The highest BCUT2D eigenvalue weighted by molar-refractivity contribution is 5.84. The number of aryl methyl sites for hydroxylation is 1. The summed E-state index contributed by atoms with van der Waals surface area (Å²) in [5.41, 5.74) is 3.00. The minimum absolute atomic E-state index is 0.235. The number of nitrogens with zero attached hydrogens (tertiary/aromatic N) is 1. The molecule has 1 saturated heterocycles. The van der Waals surface area contributed by atoms with Crippen LogP contribution in [0.15, 0.2) is 54.6 Å². The minimum atomic E-state index is -0.402. The molecule has 1 unspecified atom stereocenters. The third-order valence-electron chi connectivity index (χ3n) is 4.87. The Morgan fingerprint density at radius 3 is 2.42 bits per heavy atom. The first-order valence-corrected chi connectivity index (χ1v) is 9.52. The molecule has 1 atom stereocenters. The summed E-state index contributed by atoms with van der Waals surface area (Å²) in [6.45, 7) is 5.32. The van der Waals surface area contributed by atoms with Crippen LogP contribution in [0.2, 0.25) is 0 Å². The number of piperidine rings is 1. The van der Waals surface area contributed by atoms with Crippen LogP contribution in [0.5, 0.6) is 0 Å². The molecule has 1 heterocycles. The Hall–Kier alpha value is -2.33. The molecule has 1 aliphatic heterocycles. The Balaban J connectivity index is 1.63. The van der Waals surface area contributed by atoms with Crippen molar-refractivity contribution in [3.63, 3.8) is 0 Å². The lowest BCUT2D eigenvalue weighted by Crippen LogP contribution is -2.32. The smallest absolute Gasteiger partial charge is 0.412 e. The zero-order chi connectivity index (χ0) is 18.2. The molecule has 2 aromatic rings. The molecule has 1 N–H and O–H groups in total. The molecule has 0 spiro atoms. The highest BCUT2D eigenvalue weighted by Crippen LogP contribution is 2.24. The van der Waals surface area contributed by atoms with Gasteiger partial charge in [-0.05, 0) is 50.6 Å². The summed E-state index contributed by atoms with van der Waals surface area (Å²) in [4.78, 5) is 14.8. The molecule has 4 nitrogen and oxygen atoms in total. The van der Waals surface area contributed by atoms with Crippen molar-refractivity contribution < 1.29 is 9.53 Å². The highest BCUT2D eigenvalue weighted by atomic mass is 16.6. The van der Waals surface area contributed by atoms with Gasteiger partial charge in [0.15, 0.2) is 0 Å². The number of nitrogens with one attached hydrogen (secondary N) is 1. The molecule has 138 valence electrons. The summed E-state index contributed by atoms with van der Waals surface area (Å²) in [7, 11) is 0. The molecule has 1 fully saturated rings. The zero-order valence-corrected chi connectivity index (χ0v) is 15.5. The van der Waals surface area contributed by atoms with Crippen molar-refractivity contribution in [1.29, 1.82) is 0 Å². The van der Waals surface area contributed by atoms with E-state index in [2.05, 4.69) is 41.4 Å². The van der Waals surface area contributed by atoms with E-state index in [1.165, 1.54) is 24.8 Å². The number of anilines is 1. The maximum absolute atomic E-state index is 12.4. The molecule has 0 saturated carbocycles. The van der Waals surface area contributed by atoms with Gasteiger partial charge in [0.05, 0.1) is 0 Å². The molecule has 0 radical (unpaired) electrons. The van der Waals surface area contributed by atoms with E-state index in [1.807, 2.05) is 30.3 Å². The van der Waals surface area contributed by atoms with Gasteiger partial charge in [-0.15, -0.1) is 0 Å². The standard InChI is InChI=1S/C22H28N2O2/c1-18-10-12-19(13-11-18)21(14-17-24-15-6-3-7-16-24)26-22(25)23-20-8-4-2-5-9-20/h2,4-5,8-13,21H,3,6-7,14-17H2,1H3,(H,23,25). The van der Waals surface area contributed by atoms with Gasteiger partial charge >= 0.3 is 6.09 Å². The second kappa shape index (κ2) is 9.39. The van der Waals surface area contributed by atoms with Gasteiger partial charge in [-0.2, -0.15) is 0 Å². The van der Waals surface area contributed by atoms with Crippen LogP contribution in [0.3, 0.4) is 0 Å². The lowest BCUT2D eigenvalue weighted by Gasteiger charge is -2.28. The highest BCUT2D eigenvalue weighted by Gasteiger charge is 2.19. The van der Waals surface area contributed by atoms with Gasteiger partial charge in [-0.25, -0.2) is 4.79 Å². The molecule has 1 aliphatic rings. The molecule has 0 aliphatic carbocycles. The second-order valence-corrected chi connectivity index (χ2v) is 6.99. The van der Waals surface area contributed by atoms with Crippen molar-refractivity contribution in [2.45, 2.75) is 38.7 Å². The Morgan fingerprint density at radius 1 is 1.04 bits per heavy atom. The number of hydrogen-bond donors (Lipinski definition) is 1. The van der Waals surface area contributed by atoms with Crippen LogP contribution in [0.25, 0.3) is 0 Å². The maximum atomic E-state index is 12.4. The van der Waals surface area contributed by atoms with E-state index in [0.717, 1.165) is 37.3 Å². The van der Waals surface area contributed by atoms with Crippen molar-refractivity contribution in [3.8, 4) is 0 Å². The fraction of sp³-hybridized carbons (Fsp3) is 0.409. The third-order valence-corrected chi connectivity index (χ3v) is 4.87. The van der Waals surface area contributed by atoms with Crippen molar-refractivity contribution >= 4 is 11.8 Å². The van der Waals surface area contributed by atoms with Crippen LogP contribution in [0, 0.1) is 6.92 Å². The van der Waals surface area contributed by atoms with Crippen molar-refractivity contribution in [1.82, 2.24) is 4.90 Å². The number of carbonyl (C=O) groups is 1. The summed E-state index contributed by atoms with van der Waals surface area (Å²) in [6, 6.07) is 17.7. The van der Waals surface area contributed by atoms with Gasteiger partial charge in [0, 0.05) is 18.7 Å². The number of benzene rings is 2. The van der Waals surface area contributed by atoms with E-state index in [0.29, 0.717) is 0 Å². The Morgan fingerprint density at radius 2 is 1.73 bits per heavy atom. The third kappa shape index (κ3) is 5.60. The molecule has 26 heavy (non-hydrogen) atoms. The zero-order valence-electron chi connectivity index (χ0n) is 15.5. The molecular formula is C22H28N2O2. The second-order valence-electron chi connectivity index (χ2n) is 6.99. The van der Waals surface area contributed by atoms with Crippen molar-refractivity contribution in [2.24, 2.45) is 0 Å². The fourth-order valence-electron chi connectivity index (χ4n) is 3.36. The van der Waals surface area contributed by atoms with Gasteiger partial charge in [-0.1, -0.05) is 54.4 Å². The van der Waals surface area contributed by atoms with E-state index in [4.69, 9.17) is 4.74 Å². The first kappa shape index (κ1) is 18.5. The number of carbonyl (C=O) groups excluding carboxylic acids is 1. The molecular weight excluding hydrogens is 324 g/mol. The fourth-order valence-corrected chi connectivity index (χ4v) is 3.36. The van der Waals surface area contributed by atoms with Crippen molar-refractivity contribution in [2.75, 3.05) is 25.0 Å². The van der Waals surface area contributed by atoms with E-state index in [9.17, 15) is 4.79 Å². The summed E-state index contributed by atoms with van der Waals surface area (Å²) in [6.07, 6.45) is 4.04. The van der Waals surface area contributed by atoms with E-state index in [1.54, 1.807) is 0 Å². The predicted molar refractivity (Wildman–Crippen MR) is 105 cm³/mol. The SMILES string of the molecule is Cc1ccc(C(CCN2CCCCC2)OC(=O)Nc2ccccc2)cc1. The monoisotopic (exact) mass is 352 g/mol. The number of likely N-dealkylation sites (tertiary alicyclic amines) is 1. The lowest BCUT2D eigenvalue weighted by molar-refractivity contribution is 0.0928. The summed E-state index contributed by atoms with van der Waals surface area (Å²) in [5, 5.41) is 2.82. The molecule has 1 amide bonds. The number of hydrogen-bond acceptors (Lipinski definition) is 3. The van der Waals surface area contributed by atoms with Crippen molar-refractivity contribution in [3.05, 3.63) is 65.7 Å². The van der Waals surface area contributed by atoms with Crippen LogP contribution < -0.4 is 5.32 Å². The minimum Gasteiger partial charge on any atom is -0.441 e. The molecule has 2 aromatic carbocycles. The van der Waals surface area contributed by atoms with E-state index >= 15 is 0 Å². The topological polar surface area (TPSA) is 41.6 Å². The maximum Gasteiger partial charge on any atom is 0.412 e. The molecule has 0 aromatic heterocycles. The number of rotatable bonds is 6. The van der Waals surface area contributed by atoms with E-state index in [-0.39, 0.29) is 6.10 Å². The lowest BCUT2D eigenvalue weighted by atomic mass is 10.0. The van der Waals surface area contributed by atoms with Gasteiger partial charge in [0.1, 0.15) is 6.10 Å². The molecule has 3 rings (SSSR count). The Labute approximate surface area is 156 Å². The van der Waals surface area contributed by atoms with Crippen LogP contribution in [0.4, 0.5) is 10.5 Å². The Kier molecular flexibility index (Phi) is 6.67. The van der Waals surface area contributed by atoms with Crippen LogP contribution in [-0.2, 0) is 4.74 Å². The van der Waals surface area contributed by atoms with Crippen LogP contribution in [-0.4, -0.2) is 30.6 Å². The summed E-state index contributed by atoms with van der Waals surface area (Å²) in [5.74, 6) is 0. The Bertz CT molecular complexity index is 679. The number of amides is 1. The van der Waals surface area contributed by atoms with E-state index < -0.39 is 6.09 Å². The van der Waals surface area contributed by atoms with Gasteiger partial charge in [0.2, 0.25) is 0 Å². The quantitative estimate of drug-likeness (QED) is 0.780. The van der Waals surface area contributed by atoms with Gasteiger partial charge in [-0.3, -0.25) is 5.32 Å². The summed E-state index contributed by atoms with van der Waals surface area (Å²) < 4.78 is 5.79. The van der Waals surface area contributed by atoms with Gasteiger partial charge < -0.3 is 9.64 Å². The first-order valence-electron chi connectivity index (χ1n) is 9.52. The number of ether oxygens (including phenoxy) is 1. The molecule has 4 heteroatoms. The molecule has 0 bridgehead atoms.